The number of aliphatic carboxylic acids is 1. The summed E-state index contributed by atoms with van der Waals surface area (Å²) >= 11 is 1.97. The molecule has 3 unspecified atom stereocenters. The molecule has 0 aromatic carbocycles. The molecule has 1 fully saturated rings. The van der Waals surface area contributed by atoms with Gasteiger partial charge in [0, 0.05) is 5.25 Å². The number of nitrogens with one attached hydrogen (secondary N) is 1. The van der Waals surface area contributed by atoms with E-state index in [0.29, 0.717) is 11.2 Å². The van der Waals surface area contributed by atoms with E-state index in [4.69, 9.17) is 0 Å². The molecule has 0 heterocycles. The summed E-state index contributed by atoms with van der Waals surface area (Å²) in [6, 6.07) is 0. The molecule has 1 aliphatic carbocycles. The average Bonchev–Trinajstić information content (AvgIpc) is 2.73. The first-order valence-electron chi connectivity index (χ1n) is 6.98. The highest BCUT2D eigenvalue weighted by Crippen LogP contribution is 2.39. The first-order valence-corrected chi connectivity index (χ1v) is 8.02. The van der Waals surface area contributed by atoms with Crippen molar-refractivity contribution in [2.24, 2.45) is 11.8 Å². The molecule has 1 aliphatic rings. The SMILES string of the molecule is CNC1(C(=O)O)CCCC1CCSC(C)C(C)C. The van der Waals surface area contributed by atoms with Gasteiger partial charge in [-0.1, -0.05) is 27.2 Å². The van der Waals surface area contributed by atoms with E-state index in [0.717, 1.165) is 31.4 Å². The molecule has 3 nitrogen and oxygen atoms in total. The Morgan fingerprint density at radius 1 is 1.50 bits per heavy atom. The summed E-state index contributed by atoms with van der Waals surface area (Å²) in [5, 5.41) is 13.2. The predicted octanol–water partition coefficient (Wildman–Crippen LogP) is 3.00. The van der Waals surface area contributed by atoms with E-state index < -0.39 is 11.5 Å². The number of thioether (sulfide) groups is 1. The third-order valence-corrected chi connectivity index (χ3v) is 5.98. The van der Waals surface area contributed by atoms with E-state index in [9.17, 15) is 9.90 Å². The maximum Gasteiger partial charge on any atom is 0.324 e. The summed E-state index contributed by atoms with van der Waals surface area (Å²) in [4.78, 5) is 11.5. The Labute approximate surface area is 115 Å². The molecular formula is C14H27NO2S. The molecular weight excluding hydrogens is 246 g/mol. The van der Waals surface area contributed by atoms with Crippen molar-refractivity contribution in [3.05, 3.63) is 0 Å². The minimum atomic E-state index is -0.672. The lowest BCUT2D eigenvalue weighted by Crippen LogP contribution is -2.53. The Morgan fingerprint density at radius 3 is 2.67 bits per heavy atom. The monoisotopic (exact) mass is 273 g/mol. The highest BCUT2D eigenvalue weighted by Gasteiger charge is 2.47. The summed E-state index contributed by atoms with van der Waals surface area (Å²) in [7, 11) is 1.79. The zero-order valence-electron chi connectivity index (χ0n) is 12.0. The van der Waals surface area contributed by atoms with Crippen LogP contribution >= 0.6 is 11.8 Å². The fraction of sp³-hybridized carbons (Fsp3) is 0.929. The van der Waals surface area contributed by atoms with Crippen molar-refractivity contribution in [3.63, 3.8) is 0 Å². The Bertz CT molecular complexity index is 283. The third kappa shape index (κ3) is 3.41. The smallest absolute Gasteiger partial charge is 0.324 e. The third-order valence-electron chi connectivity index (χ3n) is 4.43. The molecule has 0 amide bonds. The van der Waals surface area contributed by atoms with Crippen LogP contribution in [0.1, 0.15) is 46.5 Å². The lowest BCUT2D eigenvalue weighted by molar-refractivity contribution is -0.146. The number of rotatable bonds is 7. The number of hydrogen-bond donors (Lipinski definition) is 2. The lowest BCUT2D eigenvalue weighted by atomic mass is 9.85. The van der Waals surface area contributed by atoms with Crippen molar-refractivity contribution in [3.8, 4) is 0 Å². The number of carboxylic acid groups (broad SMARTS) is 1. The molecule has 1 saturated carbocycles. The van der Waals surface area contributed by atoms with Gasteiger partial charge in [-0.2, -0.15) is 11.8 Å². The molecule has 2 N–H and O–H groups in total. The quantitative estimate of drug-likeness (QED) is 0.748. The second kappa shape index (κ2) is 6.80. The minimum absolute atomic E-state index is 0.284. The molecule has 0 aromatic rings. The van der Waals surface area contributed by atoms with Gasteiger partial charge >= 0.3 is 5.97 Å². The number of carboxylic acids is 1. The van der Waals surface area contributed by atoms with Gasteiger partial charge in [0.05, 0.1) is 0 Å². The Morgan fingerprint density at radius 2 is 2.17 bits per heavy atom. The number of hydrogen-bond acceptors (Lipinski definition) is 3. The highest BCUT2D eigenvalue weighted by atomic mass is 32.2. The second-order valence-corrected chi connectivity index (χ2v) is 7.21. The lowest BCUT2D eigenvalue weighted by Gasteiger charge is -2.31. The summed E-state index contributed by atoms with van der Waals surface area (Å²) < 4.78 is 0. The van der Waals surface area contributed by atoms with Crippen LogP contribution in [0.25, 0.3) is 0 Å². The van der Waals surface area contributed by atoms with Crippen LogP contribution in [0, 0.1) is 11.8 Å². The van der Waals surface area contributed by atoms with Crippen LogP contribution in [0.3, 0.4) is 0 Å². The molecule has 106 valence electrons. The van der Waals surface area contributed by atoms with Crippen LogP contribution in [-0.4, -0.2) is 34.7 Å². The minimum Gasteiger partial charge on any atom is -0.480 e. The second-order valence-electron chi connectivity index (χ2n) is 5.72. The summed E-state index contributed by atoms with van der Waals surface area (Å²) in [5.41, 5.74) is -0.665. The molecule has 1 rings (SSSR count). The van der Waals surface area contributed by atoms with E-state index in [1.807, 2.05) is 11.8 Å². The van der Waals surface area contributed by atoms with Crippen molar-refractivity contribution < 1.29 is 9.90 Å². The van der Waals surface area contributed by atoms with Gasteiger partial charge in [-0.05, 0) is 43.9 Å². The number of carbonyl (C=O) groups is 1. The van der Waals surface area contributed by atoms with Crippen molar-refractivity contribution in [2.45, 2.75) is 57.2 Å². The van der Waals surface area contributed by atoms with Gasteiger partial charge in [-0.3, -0.25) is 4.79 Å². The molecule has 4 heteroatoms. The molecule has 0 radical (unpaired) electrons. The highest BCUT2D eigenvalue weighted by molar-refractivity contribution is 7.99. The van der Waals surface area contributed by atoms with Gasteiger partial charge in [0.2, 0.25) is 0 Å². The van der Waals surface area contributed by atoms with Gasteiger partial charge in [0.1, 0.15) is 5.54 Å². The van der Waals surface area contributed by atoms with Gasteiger partial charge in [-0.25, -0.2) is 0 Å². The van der Waals surface area contributed by atoms with Crippen molar-refractivity contribution >= 4 is 17.7 Å². The van der Waals surface area contributed by atoms with Gasteiger partial charge < -0.3 is 10.4 Å². The maximum absolute atomic E-state index is 11.5. The van der Waals surface area contributed by atoms with Crippen molar-refractivity contribution in [1.82, 2.24) is 5.32 Å². The van der Waals surface area contributed by atoms with Crippen molar-refractivity contribution in [2.75, 3.05) is 12.8 Å². The normalized spacial score (nSPS) is 29.7. The standard InChI is InChI=1S/C14H27NO2S/c1-10(2)11(3)18-9-7-12-6-5-8-14(12,15-4)13(16)17/h10-12,15H,5-9H2,1-4H3,(H,16,17). The largest absolute Gasteiger partial charge is 0.480 e. The maximum atomic E-state index is 11.5. The van der Waals surface area contributed by atoms with Gasteiger partial charge in [0.15, 0.2) is 0 Å². The van der Waals surface area contributed by atoms with Crippen LogP contribution in [0.4, 0.5) is 0 Å². The first-order chi connectivity index (χ1) is 8.44. The fourth-order valence-electron chi connectivity index (χ4n) is 2.77. The Hall–Kier alpha value is -0.220. The van der Waals surface area contributed by atoms with E-state index in [-0.39, 0.29) is 5.92 Å². The molecule has 18 heavy (non-hydrogen) atoms. The summed E-state index contributed by atoms with van der Waals surface area (Å²) in [6.07, 6.45) is 3.86. The topological polar surface area (TPSA) is 49.3 Å². The predicted molar refractivity (Wildman–Crippen MR) is 78.1 cm³/mol. The van der Waals surface area contributed by atoms with Crippen LogP contribution in [0.2, 0.25) is 0 Å². The zero-order valence-corrected chi connectivity index (χ0v) is 12.8. The van der Waals surface area contributed by atoms with Gasteiger partial charge in [-0.15, -0.1) is 0 Å². The zero-order chi connectivity index (χ0) is 13.8. The van der Waals surface area contributed by atoms with Crippen LogP contribution < -0.4 is 5.32 Å². The molecule has 0 saturated heterocycles. The molecule has 0 spiro atoms. The average molecular weight is 273 g/mol. The number of likely N-dealkylation sites (N-methyl/N-ethyl adjacent to an activating group) is 1. The van der Waals surface area contributed by atoms with E-state index in [2.05, 4.69) is 26.1 Å². The van der Waals surface area contributed by atoms with E-state index in [1.165, 1.54) is 0 Å². The van der Waals surface area contributed by atoms with Crippen LogP contribution in [0.5, 0.6) is 0 Å². The Kier molecular flexibility index (Phi) is 5.99. The molecule has 0 aliphatic heterocycles. The summed E-state index contributed by atoms with van der Waals surface area (Å²) in [6.45, 7) is 6.73. The molecule has 0 bridgehead atoms. The fourth-order valence-corrected chi connectivity index (χ4v) is 3.95. The van der Waals surface area contributed by atoms with Crippen LogP contribution in [-0.2, 0) is 4.79 Å². The van der Waals surface area contributed by atoms with Gasteiger partial charge in [0.25, 0.3) is 0 Å². The van der Waals surface area contributed by atoms with E-state index >= 15 is 0 Å². The summed E-state index contributed by atoms with van der Waals surface area (Å²) in [5.74, 6) is 1.37. The van der Waals surface area contributed by atoms with Crippen LogP contribution in [0.15, 0.2) is 0 Å². The molecule has 3 atom stereocenters. The van der Waals surface area contributed by atoms with E-state index in [1.54, 1.807) is 7.05 Å². The Balaban J connectivity index is 2.48. The van der Waals surface area contributed by atoms with Crippen molar-refractivity contribution in [1.29, 1.82) is 0 Å². The first kappa shape index (κ1) is 15.8. The molecule has 0 aromatic heterocycles.